The number of carbonyl (C=O) groups is 1. The highest BCUT2D eigenvalue weighted by Gasteiger charge is 2.05. The molecule has 0 aliphatic heterocycles. The van der Waals surface area contributed by atoms with E-state index in [9.17, 15) is 9.90 Å². The van der Waals surface area contributed by atoms with Gasteiger partial charge in [-0.25, -0.2) is 0 Å². The molecule has 0 bridgehead atoms. The predicted molar refractivity (Wildman–Crippen MR) is 89.8 cm³/mol. The standard InChI is InChI=1S/C19H20O4/c1-3-23-13-16-11-14(8-10-19(16)22-2)7-9-18(21)15-5-4-6-17(20)12-15/h4-12,20H,3,13H2,1-2H3/b9-7+. The third-order valence-corrected chi connectivity index (χ3v) is 3.32. The van der Waals surface area contributed by atoms with Gasteiger partial charge in [0.05, 0.1) is 13.7 Å². The molecular formula is C19H20O4. The van der Waals surface area contributed by atoms with Crippen LogP contribution in [0.1, 0.15) is 28.4 Å². The second-order valence-corrected chi connectivity index (χ2v) is 4.96. The fraction of sp³-hybridized carbons (Fsp3) is 0.211. The van der Waals surface area contributed by atoms with E-state index in [2.05, 4.69) is 0 Å². The normalized spacial score (nSPS) is 10.9. The summed E-state index contributed by atoms with van der Waals surface area (Å²) in [5.74, 6) is 0.672. The summed E-state index contributed by atoms with van der Waals surface area (Å²) < 4.78 is 10.7. The van der Waals surface area contributed by atoms with Crippen molar-refractivity contribution in [1.29, 1.82) is 0 Å². The van der Waals surface area contributed by atoms with Crippen LogP contribution >= 0.6 is 0 Å². The zero-order valence-electron chi connectivity index (χ0n) is 13.3. The van der Waals surface area contributed by atoms with Crippen LogP contribution < -0.4 is 4.74 Å². The molecule has 4 heteroatoms. The summed E-state index contributed by atoms with van der Waals surface area (Å²) in [7, 11) is 1.62. The topological polar surface area (TPSA) is 55.8 Å². The molecule has 0 spiro atoms. The molecule has 0 aliphatic carbocycles. The molecule has 2 aromatic carbocycles. The number of hydrogen-bond donors (Lipinski definition) is 1. The van der Waals surface area contributed by atoms with Crippen LogP contribution in [-0.4, -0.2) is 24.6 Å². The Hall–Kier alpha value is -2.59. The molecule has 0 saturated carbocycles. The molecule has 0 amide bonds. The van der Waals surface area contributed by atoms with Crippen LogP contribution in [-0.2, 0) is 11.3 Å². The Bertz CT molecular complexity index is 704. The molecule has 0 fully saturated rings. The van der Waals surface area contributed by atoms with Crippen molar-refractivity contribution in [3.63, 3.8) is 0 Å². The number of ketones is 1. The van der Waals surface area contributed by atoms with Crippen molar-refractivity contribution < 1.29 is 19.4 Å². The van der Waals surface area contributed by atoms with E-state index in [0.29, 0.717) is 18.8 Å². The summed E-state index contributed by atoms with van der Waals surface area (Å²) in [6.45, 7) is 3.02. The van der Waals surface area contributed by atoms with Crippen LogP contribution in [0.15, 0.2) is 48.5 Å². The lowest BCUT2D eigenvalue weighted by molar-refractivity contribution is 0.104. The van der Waals surface area contributed by atoms with E-state index in [1.54, 1.807) is 25.3 Å². The zero-order chi connectivity index (χ0) is 16.7. The predicted octanol–water partition coefficient (Wildman–Crippen LogP) is 3.83. The summed E-state index contributed by atoms with van der Waals surface area (Å²) in [6.07, 6.45) is 3.22. The summed E-state index contributed by atoms with van der Waals surface area (Å²) in [4.78, 5) is 12.1. The SMILES string of the molecule is CCOCc1cc(/C=C/C(=O)c2cccc(O)c2)ccc1OC. The Morgan fingerprint density at radius 2 is 2.04 bits per heavy atom. The van der Waals surface area contributed by atoms with Crippen LogP contribution in [0.4, 0.5) is 0 Å². The van der Waals surface area contributed by atoms with Crippen molar-refractivity contribution in [2.45, 2.75) is 13.5 Å². The average Bonchev–Trinajstić information content (AvgIpc) is 2.57. The maximum atomic E-state index is 12.1. The minimum atomic E-state index is -0.164. The second-order valence-electron chi connectivity index (χ2n) is 4.96. The first-order valence-corrected chi connectivity index (χ1v) is 7.40. The first-order chi connectivity index (χ1) is 11.1. The summed E-state index contributed by atoms with van der Waals surface area (Å²) in [6, 6.07) is 11.9. The first kappa shape index (κ1) is 16.8. The first-order valence-electron chi connectivity index (χ1n) is 7.40. The van der Waals surface area contributed by atoms with Crippen LogP contribution in [0, 0.1) is 0 Å². The molecule has 2 rings (SSSR count). The molecule has 4 nitrogen and oxygen atoms in total. The van der Waals surface area contributed by atoms with Crippen molar-refractivity contribution >= 4 is 11.9 Å². The van der Waals surface area contributed by atoms with Gasteiger partial charge < -0.3 is 14.6 Å². The number of methoxy groups -OCH3 is 1. The minimum absolute atomic E-state index is 0.0766. The molecule has 23 heavy (non-hydrogen) atoms. The zero-order valence-corrected chi connectivity index (χ0v) is 13.3. The molecule has 0 aliphatic rings. The van der Waals surface area contributed by atoms with E-state index in [-0.39, 0.29) is 11.5 Å². The molecule has 2 aromatic rings. The van der Waals surface area contributed by atoms with Gasteiger partial charge in [-0.1, -0.05) is 24.3 Å². The van der Waals surface area contributed by atoms with Gasteiger partial charge in [0, 0.05) is 17.7 Å². The van der Waals surface area contributed by atoms with Gasteiger partial charge in [-0.05, 0) is 42.8 Å². The van der Waals surface area contributed by atoms with Gasteiger partial charge in [0.25, 0.3) is 0 Å². The lowest BCUT2D eigenvalue weighted by Gasteiger charge is -2.09. The summed E-state index contributed by atoms with van der Waals surface area (Å²) in [5, 5.41) is 9.42. The largest absolute Gasteiger partial charge is 0.508 e. The van der Waals surface area contributed by atoms with Crippen LogP contribution in [0.3, 0.4) is 0 Å². The third kappa shape index (κ3) is 4.69. The smallest absolute Gasteiger partial charge is 0.185 e. The Balaban J connectivity index is 2.17. The quantitative estimate of drug-likeness (QED) is 0.623. The average molecular weight is 312 g/mol. The highest BCUT2D eigenvalue weighted by atomic mass is 16.5. The number of phenolic OH excluding ortho intramolecular Hbond substituents is 1. The van der Waals surface area contributed by atoms with Gasteiger partial charge in [-0.3, -0.25) is 4.79 Å². The van der Waals surface area contributed by atoms with Crippen LogP contribution in [0.2, 0.25) is 0 Å². The maximum absolute atomic E-state index is 12.1. The van der Waals surface area contributed by atoms with Crippen molar-refractivity contribution in [3.8, 4) is 11.5 Å². The number of benzene rings is 2. The van der Waals surface area contributed by atoms with Crippen molar-refractivity contribution in [2.75, 3.05) is 13.7 Å². The number of carbonyl (C=O) groups excluding carboxylic acids is 1. The Kier molecular flexibility index (Phi) is 5.94. The fourth-order valence-corrected chi connectivity index (χ4v) is 2.15. The lowest BCUT2D eigenvalue weighted by Crippen LogP contribution is -1.97. The number of rotatable bonds is 7. The van der Waals surface area contributed by atoms with Crippen LogP contribution in [0.25, 0.3) is 6.08 Å². The number of aromatic hydroxyl groups is 1. The van der Waals surface area contributed by atoms with Gasteiger partial charge in [-0.15, -0.1) is 0 Å². The molecule has 120 valence electrons. The van der Waals surface area contributed by atoms with E-state index >= 15 is 0 Å². The van der Waals surface area contributed by atoms with Crippen LogP contribution in [0.5, 0.6) is 11.5 Å². The van der Waals surface area contributed by atoms with Gasteiger partial charge >= 0.3 is 0 Å². The van der Waals surface area contributed by atoms with Gasteiger partial charge in [0.15, 0.2) is 5.78 Å². The third-order valence-electron chi connectivity index (χ3n) is 3.32. The van der Waals surface area contributed by atoms with E-state index in [0.717, 1.165) is 16.9 Å². The van der Waals surface area contributed by atoms with Gasteiger partial charge in [-0.2, -0.15) is 0 Å². The Morgan fingerprint density at radius 1 is 1.22 bits per heavy atom. The highest BCUT2D eigenvalue weighted by molar-refractivity contribution is 6.07. The van der Waals surface area contributed by atoms with E-state index in [4.69, 9.17) is 9.47 Å². The summed E-state index contributed by atoms with van der Waals surface area (Å²) >= 11 is 0. The monoisotopic (exact) mass is 312 g/mol. The molecule has 0 heterocycles. The highest BCUT2D eigenvalue weighted by Crippen LogP contribution is 2.22. The Morgan fingerprint density at radius 3 is 2.74 bits per heavy atom. The molecule has 0 atom stereocenters. The van der Waals surface area contributed by atoms with Gasteiger partial charge in [0.1, 0.15) is 11.5 Å². The second kappa shape index (κ2) is 8.15. The fourth-order valence-electron chi connectivity index (χ4n) is 2.15. The molecule has 0 radical (unpaired) electrons. The van der Waals surface area contributed by atoms with Crippen molar-refractivity contribution in [1.82, 2.24) is 0 Å². The van der Waals surface area contributed by atoms with E-state index < -0.39 is 0 Å². The molecular weight excluding hydrogens is 292 g/mol. The minimum Gasteiger partial charge on any atom is -0.508 e. The molecule has 0 saturated heterocycles. The number of hydrogen-bond acceptors (Lipinski definition) is 4. The number of phenols is 1. The molecule has 1 N–H and O–H groups in total. The van der Waals surface area contributed by atoms with E-state index in [1.165, 1.54) is 18.2 Å². The van der Waals surface area contributed by atoms with Crippen molar-refractivity contribution in [2.24, 2.45) is 0 Å². The number of allylic oxidation sites excluding steroid dienone is 1. The lowest BCUT2D eigenvalue weighted by atomic mass is 10.1. The maximum Gasteiger partial charge on any atom is 0.185 e. The molecule has 0 aromatic heterocycles. The van der Waals surface area contributed by atoms with Gasteiger partial charge in [0.2, 0.25) is 0 Å². The Labute approximate surface area is 136 Å². The summed E-state index contributed by atoms with van der Waals surface area (Å²) in [5.41, 5.74) is 2.26. The molecule has 0 unspecified atom stereocenters. The van der Waals surface area contributed by atoms with E-state index in [1.807, 2.05) is 25.1 Å². The van der Waals surface area contributed by atoms with Crippen molar-refractivity contribution in [3.05, 3.63) is 65.2 Å². The number of ether oxygens (including phenoxy) is 2.